The molecule has 0 spiro atoms. The summed E-state index contributed by atoms with van der Waals surface area (Å²) < 4.78 is 4.98. The van der Waals surface area contributed by atoms with Gasteiger partial charge in [-0.1, -0.05) is 24.3 Å². The number of benzene rings is 1. The number of methoxy groups -OCH3 is 1. The summed E-state index contributed by atoms with van der Waals surface area (Å²) >= 11 is 4.54. The predicted molar refractivity (Wildman–Crippen MR) is 68.7 cm³/mol. The SMILES string of the molecule is COCCCc1ccc(C(C)(C)S)cc1. The van der Waals surface area contributed by atoms with Crippen molar-refractivity contribution >= 4 is 12.6 Å². The zero-order valence-electron chi connectivity index (χ0n) is 9.79. The van der Waals surface area contributed by atoms with E-state index in [4.69, 9.17) is 4.74 Å². The van der Waals surface area contributed by atoms with E-state index in [0.29, 0.717) is 0 Å². The van der Waals surface area contributed by atoms with Crippen LogP contribution in [0.5, 0.6) is 0 Å². The van der Waals surface area contributed by atoms with E-state index in [1.54, 1.807) is 7.11 Å². The lowest BCUT2D eigenvalue weighted by molar-refractivity contribution is 0.195. The van der Waals surface area contributed by atoms with Crippen molar-refractivity contribution in [1.29, 1.82) is 0 Å². The van der Waals surface area contributed by atoms with Gasteiger partial charge < -0.3 is 4.74 Å². The van der Waals surface area contributed by atoms with E-state index >= 15 is 0 Å². The smallest absolute Gasteiger partial charge is 0.0465 e. The van der Waals surface area contributed by atoms with Crippen LogP contribution < -0.4 is 0 Å². The number of rotatable bonds is 5. The molecule has 0 fully saturated rings. The van der Waals surface area contributed by atoms with Crippen LogP contribution in [0.25, 0.3) is 0 Å². The van der Waals surface area contributed by atoms with Crippen LogP contribution in [0.4, 0.5) is 0 Å². The minimum atomic E-state index is -0.0505. The normalized spacial score (nSPS) is 11.7. The van der Waals surface area contributed by atoms with Crippen molar-refractivity contribution < 1.29 is 4.74 Å². The van der Waals surface area contributed by atoms with Gasteiger partial charge in [-0.05, 0) is 37.8 Å². The molecule has 0 aliphatic carbocycles. The van der Waals surface area contributed by atoms with Gasteiger partial charge in [0.1, 0.15) is 0 Å². The Bertz CT molecular complexity index is 284. The van der Waals surface area contributed by atoms with Gasteiger partial charge >= 0.3 is 0 Å². The molecule has 1 nitrogen and oxygen atoms in total. The Morgan fingerprint density at radius 2 is 1.80 bits per heavy atom. The molecule has 0 N–H and O–H groups in total. The summed E-state index contributed by atoms with van der Waals surface area (Å²) in [5, 5.41) is 0. The van der Waals surface area contributed by atoms with Crippen molar-refractivity contribution in [2.45, 2.75) is 31.4 Å². The molecule has 2 heteroatoms. The maximum absolute atomic E-state index is 5.03. The quantitative estimate of drug-likeness (QED) is 0.595. The molecule has 0 radical (unpaired) electrons. The predicted octanol–water partition coefficient (Wildman–Crippen LogP) is 3.43. The van der Waals surface area contributed by atoms with E-state index in [2.05, 4.69) is 50.7 Å². The first-order valence-electron chi connectivity index (χ1n) is 5.35. The fourth-order valence-corrected chi connectivity index (χ4v) is 1.65. The molecule has 0 aliphatic rings. The highest BCUT2D eigenvalue weighted by Crippen LogP contribution is 2.27. The Morgan fingerprint density at radius 3 is 2.27 bits per heavy atom. The molecule has 0 saturated heterocycles. The maximum Gasteiger partial charge on any atom is 0.0465 e. The van der Waals surface area contributed by atoms with E-state index in [9.17, 15) is 0 Å². The van der Waals surface area contributed by atoms with Crippen molar-refractivity contribution in [3.05, 3.63) is 35.4 Å². The third kappa shape index (κ3) is 4.27. The van der Waals surface area contributed by atoms with Crippen LogP contribution >= 0.6 is 12.6 Å². The highest BCUT2D eigenvalue weighted by Gasteiger charge is 2.13. The summed E-state index contributed by atoms with van der Waals surface area (Å²) in [6.45, 7) is 5.05. The summed E-state index contributed by atoms with van der Waals surface area (Å²) in [5.41, 5.74) is 2.63. The first kappa shape index (κ1) is 12.6. The molecule has 1 aromatic carbocycles. The molecule has 84 valence electrons. The Hall–Kier alpha value is -0.470. The maximum atomic E-state index is 5.03. The first-order chi connectivity index (χ1) is 7.04. The standard InChI is InChI=1S/C13H20OS/c1-13(2,15)12-8-6-11(7-9-12)5-4-10-14-3/h6-9,15H,4-5,10H2,1-3H3. The first-order valence-corrected chi connectivity index (χ1v) is 5.79. The van der Waals surface area contributed by atoms with Gasteiger partial charge in [-0.25, -0.2) is 0 Å². The lowest BCUT2D eigenvalue weighted by Crippen LogP contribution is -2.07. The van der Waals surface area contributed by atoms with Crippen LogP contribution in [0.1, 0.15) is 31.4 Å². The molecule has 0 heterocycles. The number of aryl methyl sites for hydroxylation is 1. The Kier molecular flexibility index (Phi) is 4.68. The van der Waals surface area contributed by atoms with E-state index < -0.39 is 0 Å². The molecule has 0 aliphatic heterocycles. The lowest BCUT2D eigenvalue weighted by Gasteiger charge is -2.18. The van der Waals surface area contributed by atoms with E-state index in [1.165, 1.54) is 11.1 Å². The van der Waals surface area contributed by atoms with Crippen molar-refractivity contribution in [2.24, 2.45) is 0 Å². The van der Waals surface area contributed by atoms with E-state index in [-0.39, 0.29) is 4.75 Å². The molecule has 0 unspecified atom stereocenters. The molecule has 0 saturated carbocycles. The Morgan fingerprint density at radius 1 is 1.20 bits per heavy atom. The fraction of sp³-hybridized carbons (Fsp3) is 0.538. The second-order valence-corrected chi connectivity index (χ2v) is 5.47. The van der Waals surface area contributed by atoms with Gasteiger partial charge in [-0.2, -0.15) is 12.6 Å². The minimum absolute atomic E-state index is 0.0505. The van der Waals surface area contributed by atoms with E-state index in [1.807, 2.05) is 0 Å². The van der Waals surface area contributed by atoms with Crippen LogP contribution in [0.2, 0.25) is 0 Å². The summed E-state index contributed by atoms with van der Waals surface area (Å²) in [6.07, 6.45) is 2.17. The van der Waals surface area contributed by atoms with E-state index in [0.717, 1.165) is 19.4 Å². The summed E-state index contributed by atoms with van der Waals surface area (Å²) in [7, 11) is 1.74. The molecular weight excluding hydrogens is 204 g/mol. The molecular formula is C13H20OS. The van der Waals surface area contributed by atoms with Crippen molar-refractivity contribution in [1.82, 2.24) is 0 Å². The molecule has 15 heavy (non-hydrogen) atoms. The van der Waals surface area contributed by atoms with Crippen LogP contribution in [0, 0.1) is 0 Å². The zero-order valence-corrected chi connectivity index (χ0v) is 10.7. The van der Waals surface area contributed by atoms with Crippen LogP contribution in [-0.4, -0.2) is 13.7 Å². The number of hydrogen-bond acceptors (Lipinski definition) is 2. The summed E-state index contributed by atoms with van der Waals surface area (Å²) in [4.78, 5) is 0. The summed E-state index contributed by atoms with van der Waals surface area (Å²) in [6, 6.07) is 8.69. The highest BCUT2D eigenvalue weighted by atomic mass is 32.1. The Labute approximate surface area is 98.3 Å². The average Bonchev–Trinajstić information content (AvgIpc) is 2.18. The molecule has 0 bridgehead atoms. The number of hydrogen-bond donors (Lipinski definition) is 1. The van der Waals surface area contributed by atoms with Gasteiger partial charge in [0.15, 0.2) is 0 Å². The zero-order chi connectivity index (χ0) is 11.3. The average molecular weight is 224 g/mol. The largest absolute Gasteiger partial charge is 0.385 e. The second-order valence-electron chi connectivity index (χ2n) is 4.35. The molecule has 0 aromatic heterocycles. The molecule has 0 atom stereocenters. The molecule has 1 rings (SSSR count). The number of thiol groups is 1. The second kappa shape index (κ2) is 5.57. The highest BCUT2D eigenvalue weighted by molar-refractivity contribution is 7.81. The monoisotopic (exact) mass is 224 g/mol. The minimum Gasteiger partial charge on any atom is -0.385 e. The van der Waals surface area contributed by atoms with Crippen LogP contribution in [0.15, 0.2) is 24.3 Å². The third-order valence-electron chi connectivity index (χ3n) is 2.47. The van der Waals surface area contributed by atoms with Gasteiger partial charge in [0.2, 0.25) is 0 Å². The number of ether oxygens (including phenoxy) is 1. The Balaban J connectivity index is 2.57. The van der Waals surface area contributed by atoms with Gasteiger partial charge in [0, 0.05) is 18.5 Å². The molecule has 0 amide bonds. The van der Waals surface area contributed by atoms with Gasteiger partial charge in [0.25, 0.3) is 0 Å². The molecule has 1 aromatic rings. The van der Waals surface area contributed by atoms with Gasteiger partial charge in [-0.15, -0.1) is 0 Å². The van der Waals surface area contributed by atoms with Crippen molar-refractivity contribution in [3.8, 4) is 0 Å². The van der Waals surface area contributed by atoms with Gasteiger partial charge in [0.05, 0.1) is 0 Å². The van der Waals surface area contributed by atoms with Crippen molar-refractivity contribution in [3.63, 3.8) is 0 Å². The summed E-state index contributed by atoms with van der Waals surface area (Å²) in [5.74, 6) is 0. The van der Waals surface area contributed by atoms with Crippen LogP contribution in [0.3, 0.4) is 0 Å². The topological polar surface area (TPSA) is 9.23 Å². The van der Waals surface area contributed by atoms with Crippen LogP contribution in [-0.2, 0) is 15.9 Å². The fourth-order valence-electron chi connectivity index (χ4n) is 1.50. The third-order valence-corrected chi connectivity index (χ3v) is 2.73. The van der Waals surface area contributed by atoms with Gasteiger partial charge in [-0.3, -0.25) is 0 Å². The lowest BCUT2D eigenvalue weighted by atomic mass is 9.99. The van der Waals surface area contributed by atoms with Crippen molar-refractivity contribution in [2.75, 3.05) is 13.7 Å².